The lowest BCUT2D eigenvalue weighted by Gasteiger charge is -2.38. The van der Waals surface area contributed by atoms with E-state index in [0.29, 0.717) is 13.0 Å². The smallest absolute Gasteiger partial charge is 0.310 e. The molecule has 0 spiro atoms. The maximum absolute atomic E-state index is 12.3. The third-order valence-corrected chi connectivity index (χ3v) is 5.22. The molecule has 5 heteroatoms. The molecule has 0 aromatic heterocycles. The highest BCUT2D eigenvalue weighted by atomic mass is 16.5. The van der Waals surface area contributed by atoms with Crippen molar-refractivity contribution < 1.29 is 14.3 Å². The van der Waals surface area contributed by atoms with Crippen LogP contribution in [0.1, 0.15) is 58.3 Å². The highest BCUT2D eigenvalue weighted by Gasteiger charge is 2.34. The zero-order valence-corrected chi connectivity index (χ0v) is 14.7. The molecule has 0 aromatic rings. The predicted octanol–water partition coefficient (Wildman–Crippen LogP) is 2.35. The highest BCUT2D eigenvalue weighted by molar-refractivity contribution is 5.78. The van der Waals surface area contributed by atoms with Gasteiger partial charge in [0.1, 0.15) is 0 Å². The minimum atomic E-state index is -0.196. The fraction of sp³-hybridized carbons (Fsp3) is 0.889. The maximum atomic E-state index is 12.3. The molecule has 1 heterocycles. The topological polar surface area (TPSA) is 58.6 Å². The molecule has 2 rings (SSSR count). The Balaban J connectivity index is 1.90. The summed E-state index contributed by atoms with van der Waals surface area (Å²) in [7, 11) is 1.43. The average molecular weight is 324 g/mol. The van der Waals surface area contributed by atoms with Crippen LogP contribution in [0.3, 0.4) is 0 Å². The summed E-state index contributed by atoms with van der Waals surface area (Å²) in [6.45, 7) is 4.25. The second-order valence-corrected chi connectivity index (χ2v) is 7.11. The molecular weight excluding hydrogens is 292 g/mol. The Labute approximate surface area is 140 Å². The number of nitrogens with one attached hydrogen (secondary N) is 1. The van der Waals surface area contributed by atoms with Gasteiger partial charge in [0.05, 0.1) is 13.0 Å². The Bertz CT molecular complexity index is 394. The first kappa shape index (κ1) is 18.2. The number of carbonyl (C=O) groups is 2. The van der Waals surface area contributed by atoms with Gasteiger partial charge in [-0.2, -0.15) is 0 Å². The summed E-state index contributed by atoms with van der Waals surface area (Å²) in [5.74, 6) is 0.523. The number of methoxy groups -OCH3 is 1. The van der Waals surface area contributed by atoms with Crippen LogP contribution in [0, 0.1) is 11.8 Å². The molecule has 132 valence electrons. The normalized spacial score (nSPS) is 26.1. The number of piperidine rings is 1. The van der Waals surface area contributed by atoms with E-state index in [1.54, 1.807) is 0 Å². The Morgan fingerprint density at radius 3 is 2.57 bits per heavy atom. The number of likely N-dealkylation sites (tertiary alicyclic amines) is 1. The van der Waals surface area contributed by atoms with Crippen LogP contribution in [-0.2, 0) is 14.3 Å². The summed E-state index contributed by atoms with van der Waals surface area (Å²) >= 11 is 0. The zero-order valence-electron chi connectivity index (χ0n) is 14.7. The van der Waals surface area contributed by atoms with E-state index in [9.17, 15) is 9.59 Å². The monoisotopic (exact) mass is 324 g/mol. The fourth-order valence-corrected chi connectivity index (χ4v) is 3.88. The van der Waals surface area contributed by atoms with Crippen molar-refractivity contribution in [3.05, 3.63) is 0 Å². The number of hydrogen-bond acceptors (Lipinski definition) is 4. The largest absolute Gasteiger partial charge is 0.469 e. The van der Waals surface area contributed by atoms with E-state index in [2.05, 4.69) is 5.32 Å². The molecule has 1 amide bonds. The number of hydrogen-bond donors (Lipinski definition) is 1. The van der Waals surface area contributed by atoms with Gasteiger partial charge in [-0.3, -0.25) is 9.59 Å². The first-order chi connectivity index (χ1) is 11.1. The summed E-state index contributed by atoms with van der Waals surface area (Å²) in [5.41, 5.74) is 0. The molecule has 23 heavy (non-hydrogen) atoms. The lowest BCUT2D eigenvalue weighted by atomic mass is 9.88. The molecule has 0 radical (unpaired) electrons. The molecule has 2 unspecified atom stereocenters. The van der Waals surface area contributed by atoms with Crippen molar-refractivity contribution in [3.8, 4) is 0 Å². The van der Waals surface area contributed by atoms with Gasteiger partial charge in [0, 0.05) is 25.6 Å². The number of carbonyl (C=O) groups excluding carboxylic acids is 2. The van der Waals surface area contributed by atoms with E-state index in [0.717, 1.165) is 31.8 Å². The molecule has 1 aliphatic heterocycles. The average Bonchev–Trinajstić information content (AvgIpc) is 2.60. The van der Waals surface area contributed by atoms with Crippen LogP contribution in [0.15, 0.2) is 0 Å². The molecule has 0 bridgehead atoms. The third kappa shape index (κ3) is 5.48. The number of esters is 1. The number of rotatable bonds is 6. The zero-order chi connectivity index (χ0) is 16.7. The van der Waals surface area contributed by atoms with Gasteiger partial charge in [-0.1, -0.05) is 26.2 Å². The number of amides is 1. The van der Waals surface area contributed by atoms with E-state index < -0.39 is 0 Å². The van der Waals surface area contributed by atoms with Gasteiger partial charge in [0.15, 0.2) is 0 Å². The van der Waals surface area contributed by atoms with E-state index in [-0.39, 0.29) is 23.8 Å². The van der Waals surface area contributed by atoms with Gasteiger partial charge in [0.25, 0.3) is 0 Å². The fourth-order valence-electron chi connectivity index (χ4n) is 3.88. The van der Waals surface area contributed by atoms with Crippen molar-refractivity contribution in [2.75, 3.05) is 26.7 Å². The summed E-state index contributed by atoms with van der Waals surface area (Å²) in [5, 5.41) is 3.63. The quantitative estimate of drug-likeness (QED) is 0.762. The van der Waals surface area contributed by atoms with E-state index >= 15 is 0 Å². The van der Waals surface area contributed by atoms with Crippen LogP contribution < -0.4 is 5.32 Å². The van der Waals surface area contributed by atoms with Crippen LogP contribution in [0.25, 0.3) is 0 Å². The minimum Gasteiger partial charge on any atom is -0.469 e. The van der Waals surface area contributed by atoms with Gasteiger partial charge in [0.2, 0.25) is 5.91 Å². The molecule has 2 atom stereocenters. The van der Waals surface area contributed by atoms with Gasteiger partial charge < -0.3 is 15.0 Å². The van der Waals surface area contributed by atoms with Crippen molar-refractivity contribution in [3.63, 3.8) is 0 Å². The first-order valence-electron chi connectivity index (χ1n) is 9.23. The molecule has 1 N–H and O–H groups in total. The lowest BCUT2D eigenvalue weighted by molar-refractivity contribution is -0.149. The van der Waals surface area contributed by atoms with Crippen molar-refractivity contribution in [2.24, 2.45) is 11.8 Å². The predicted molar refractivity (Wildman–Crippen MR) is 90.0 cm³/mol. The first-order valence-corrected chi connectivity index (χ1v) is 9.23. The van der Waals surface area contributed by atoms with Crippen LogP contribution in [0.2, 0.25) is 0 Å². The van der Waals surface area contributed by atoms with Crippen LogP contribution >= 0.6 is 0 Å². The van der Waals surface area contributed by atoms with Gasteiger partial charge in [-0.15, -0.1) is 0 Å². The van der Waals surface area contributed by atoms with Gasteiger partial charge in [-0.05, 0) is 38.1 Å². The Morgan fingerprint density at radius 1 is 1.17 bits per heavy atom. The number of nitrogens with zero attached hydrogens (tertiary/aromatic N) is 1. The second kappa shape index (κ2) is 9.26. The van der Waals surface area contributed by atoms with Crippen molar-refractivity contribution >= 4 is 11.9 Å². The van der Waals surface area contributed by atoms with Crippen molar-refractivity contribution in [1.29, 1.82) is 0 Å². The maximum Gasteiger partial charge on any atom is 0.310 e. The summed E-state index contributed by atoms with van der Waals surface area (Å²) < 4.78 is 4.92. The van der Waals surface area contributed by atoms with Crippen LogP contribution in [-0.4, -0.2) is 49.6 Å². The molecule has 2 fully saturated rings. The molecule has 0 aromatic carbocycles. The van der Waals surface area contributed by atoms with E-state index in [4.69, 9.17) is 4.74 Å². The van der Waals surface area contributed by atoms with Gasteiger partial charge >= 0.3 is 5.97 Å². The highest BCUT2D eigenvalue weighted by Crippen LogP contribution is 2.24. The lowest BCUT2D eigenvalue weighted by Crippen LogP contribution is -2.53. The van der Waals surface area contributed by atoms with Crippen molar-refractivity contribution in [1.82, 2.24) is 10.2 Å². The molecule has 1 saturated carbocycles. The Kier molecular flexibility index (Phi) is 7.34. The van der Waals surface area contributed by atoms with Crippen LogP contribution in [0.5, 0.6) is 0 Å². The molecular formula is C18H32N2O3. The minimum absolute atomic E-state index is 0.158. The molecule has 1 aliphatic carbocycles. The standard InChI is InChI=1S/C18H32N2O3/c1-3-7-17(21)20-12-15(18(22)23-2)10-16(13-20)19-11-14-8-5-4-6-9-14/h14-16,19H,3-13H2,1-2H3. The van der Waals surface area contributed by atoms with E-state index in [1.165, 1.54) is 39.2 Å². The molecule has 5 nitrogen and oxygen atoms in total. The molecule has 1 saturated heterocycles. The SMILES string of the molecule is CCCC(=O)N1CC(NCC2CCCCC2)CC(C(=O)OC)C1. The summed E-state index contributed by atoms with van der Waals surface area (Å²) in [6, 6.07) is 0.204. The van der Waals surface area contributed by atoms with Gasteiger partial charge in [-0.25, -0.2) is 0 Å². The number of ether oxygens (including phenoxy) is 1. The van der Waals surface area contributed by atoms with E-state index in [1.807, 2.05) is 11.8 Å². The third-order valence-electron chi connectivity index (χ3n) is 5.22. The Hall–Kier alpha value is -1.10. The van der Waals surface area contributed by atoms with Crippen LogP contribution in [0.4, 0.5) is 0 Å². The molecule has 2 aliphatic rings. The summed E-state index contributed by atoms with van der Waals surface area (Å²) in [4.78, 5) is 26.1. The summed E-state index contributed by atoms with van der Waals surface area (Å²) in [6.07, 6.45) is 8.82. The van der Waals surface area contributed by atoms with Crippen molar-refractivity contribution in [2.45, 2.75) is 64.3 Å². The second-order valence-electron chi connectivity index (χ2n) is 7.11. The Morgan fingerprint density at radius 2 is 1.91 bits per heavy atom.